The molecule has 100 valence electrons. The molecule has 1 aliphatic heterocycles. The van der Waals surface area contributed by atoms with Crippen molar-refractivity contribution in [2.45, 2.75) is 4.90 Å². The van der Waals surface area contributed by atoms with E-state index in [2.05, 4.69) is 5.32 Å². The second-order valence-corrected chi connectivity index (χ2v) is 6.54. The molecular formula is C12H19N3O2S. The molecular weight excluding hydrogens is 250 g/mol. The van der Waals surface area contributed by atoms with Crippen LogP contribution in [0.15, 0.2) is 29.2 Å². The van der Waals surface area contributed by atoms with Gasteiger partial charge in [0.1, 0.15) is 4.90 Å². The van der Waals surface area contributed by atoms with Gasteiger partial charge in [0.05, 0.1) is 5.69 Å². The third kappa shape index (κ3) is 2.66. The van der Waals surface area contributed by atoms with E-state index < -0.39 is 10.0 Å². The van der Waals surface area contributed by atoms with Crippen LogP contribution in [0.1, 0.15) is 0 Å². The van der Waals surface area contributed by atoms with Crippen molar-refractivity contribution in [3.8, 4) is 0 Å². The van der Waals surface area contributed by atoms with E-state index in [0.29, 0.717) is 30.2 Å². The van der Waals surface area contributed by atoms with Crippen molar-refractivity contribution in [1.82, 2.24) is 9.21 Å². The Morgan fingerprint density at radius 1 is 1.33 bits per heavy atom. The van der Waals surface area contributed by atoms with Gasteiger partial charge < -0.3 is 10.2 Å². The van der Waals surface area contributed by atoms with Crippen LogP contribution in [-0.2, 0) is 10.0 Å². The molecule has 18 heavy (non-hydrogen) atoms. The number of sulfonamides is 1. The molecule has 0 bridgehead atoms. The number of likely N-dealkylation sites (N-methyl/N-ethyl adjacent to an activating group) is 1. The standard InChI is InChI=1S/C12H19N3O2S/c1-14(2)9-10-15-8-7-13-11-5-3-4-6-12(11)18(15,16)17/h3-6,13H,7-10H2,1-2H3. The number of rotatable bonds is 3. The fourth-order valence-corrected chi connectivity index (χ4v) is 3.56. The minimum atomic E-state index is -3.37. The largest absolute Gasteiger partial charge is 0.383 e. The molecule has 0 aliphatic carbocycles. The Kier molecular flexibility index (Phi) is 3.89. The van der Waals surface area contributed by atoms with Gasteiger partial charge >= 0.3 is 0 Å². The lowest BCUT2D eigenvalue weighted by Crippen LogP contribution is -2.37. The SMILES string of the molecule is CN(C)CCN1CCNc2ccccc2S1(=O)=O. The zero-order valence-corrected chi connectivity index (χ0v) is 11.6. The van der Waals surface area contributed by atoms with Crippen LogP contribution in [0.25, 0.3) is 0 Å². The molecule has 1 aromatic rings. The Morgan fingerprint density at radius 2 is 2.06 bits per heavy atom. The molecule has 1 aromatic carbocycles. The van der Waals surface area contributed by atoms with E-state index in [1.807, 2.05) is 31.1 Å². The first-order chi connectivity index (χ1) is 8.51. The van der Waals surface area contributed by atoms with Crippen LogP contribution >= 0.6 is 0 Å². The summed E-state index contributed by atoms with van der Waals surface area (Å²) in [6.07, 6.45) is 0. The predicted octanol–water partition coefficient (Wildman–Crippen LogP) is 0.664. The molecule has 0 unspecified atom stereocenters. The summed E-state index contributed by atoms with van der Waals surface area (Å²) in [7, 11) is 0.511. The highest BCUT2D eigenvalue weighted by molar-refractivity contribution is 7.89. The van der Waals surface area contributed by atoms with Crippen LogP contribution in [0.3, 0.4) is 0 Å². The number of nitrogens with zero attached hydrogens (tertiary/aromatic N) is 2. The monoisotopic (exact) mass is 269 g/mol. The van der Waals surface area contributed by atoms with Crippen molar-refractivity contribution in [2.24, 2.45) is 0 Å². The van der Waals surface area contributed by atoms with Crippen LogP contribution in [0.4, 0.5) is 5.69 Å². The minimum Gasteiger partial charge on any atom is -0.383 e. The Morgan fingerprint density at radius 3 is 2.78 bits per heavy atom. The predicted molar refractivity (Wildman–Crippen MR) is 72.2 cm³/mol. The van der Waals surface area contributed by atoms with Crippen LogP contribution < -0.4 is 5.32 Å². The van der Waals surface area contributed by atoms with Crippen molar-refractivity contribution in [2.75, 3.05) is 45.6 Å². The molecule has 0 atom stereocenters. The van der Waals surface area contributed by atoms with Gasteiger partial charge in [-0.25, -0.2) is 8.42 Å². The number of benzene rings is 1. The summed E-state index contributed by atoms with van der Waals surface area (Å²) in [5.74, 6) is 0. The molecule has 0 amide bonds. The van der Waals surface area contributed by atoms with E-state index in [4.69, 9.17) is 0 Å². The molecule has 5 nitrogen and oxygen atoms in total. The summed E-state index contributed by atoms with van der Waals surface area (Å²) < 4.78 is 26.6. The highest BCUT2D eigenvalue weighted by Crippen LogP contribution is 2.26. The molecule has 0 saturated carbocycles. The van der Waals surface area contributed by atoms with Gasteiger partial charge in [-0.05, 0) is 26.2 Å². The Hall–Kier alpha value is -1.11. The smallest absolute Gasteiger partial charge is 0.245 e. The van der Waals surface area contributed by atoms with E-state index in [0.717, 1.165) is 6.54 Å². The van der Waals surface area contributed by atoms with Crippen molar-refractivity contribution in [3.63, 3.8) is 0 Å². The average Bonchev–Trinajstić information content (AvgIpc) is 2.44. The average molecular weight is 269 g/mol. The number of para-hydroxylation sites is 1. The number of fused-ring (bicyclic) bond motifs is 1. The van der Waals surface area contributed by atoms with Crippen LogP contribution in [0.2, 0.25) is 0 Å². The summed E-state index contributed by atoms with van der Waals surface area (Å²) in [6, 6.07) is 7.07. The van der Waals surface area contributed by atoms with E-state index >= 15 is 0 Å². The molecule has 6 heteroatoms. The minimum absolute atomic E-state index is 0.376. The van der Waals surface area contributed by atoms with Gasteiger partial charge in [-0.1, -0.05) is 12.1 Å². The van der Waals surface area contributed by atoms with Gasteiger partial charge in [0.2, 0.25) is 10.0 Å². The fourth-order valence-electron chi connectivity index (χ4n) is 1.96. The Labute approximate surface area is 108 Å². The first-order valence-electron chi connectivity index (χ1n) is 5.99. The molecule has 1 aliphatic rings. The molecule has 0 saturated heterocycles. The summed E-state index contributed by atoms with van der Waals surface area (Å²) in [4.78, 5) is 2.36. The van der Waals surface area contributed by atoms with E-state index in [1.165, 1.54) is 0 Å². The number of hydrogen-bond donors (Lipinski definition) is 1. The van der Waals surface area contributed by atoms with Gasteiger partial charge in [0.15, 0.2) is 0 Å². The lowest BCUT2D eigenvalue weighted by molar-refractivity contribution is 0.339. The van der Waals surface area contributed by atoms with E-state index in [1.54, 1.807) is 16.4 Å². The zero-order valence-electron chi connectivity index (χ0n) is 10.8. The Balaban J connectivity index is 2.30. The quantitative estimate of drug-likeness (QED) is 0.876. The highest BCUT2D eigenvalue weighted by atomic mass is 32.2. The van der Waals surface area contributed by atoms with Crippen molar-refractivity contribution in [3.05, 3.63) is 24.3 Å². The van der Waals surface area contributed by atoms with Crippen molar-refractivity contribution in [1.29, 1.82) is 0 Å². The molecule has 1 N–H and O–H groups in total. The molecule has 0 fully saturated rings. The lowest BCUT2D eigenvalue weighted by Gasteiger charge is -2.21. The molecule has 0 spiro atoms. The topological polar surface area (TPSA) is 52.6 Å². The van der Waals surface area contributed by atoms with Gasteiger partial charge in [0.25, 0.3) is 0 Å². The maximum absolute atomic E-state index is 12.5. The molecule has 0 aromatic heterocycles. The van der Waals surface area contributed by atoms with Crippen LogP contribution in [-0.4, -0.2) is 57.9 Å². The lowest BCUT2D eigenvalue weighted by atomic mass is 10.3. The maximum atomic E-state index is 12.5. The van der Waals surface area contributed by atoms with Gasteiger partial charge in [0, 0.05) is 26.2 Å². The van der Waals surface area contributed by atoms with Crippen LogP contribution in [0.5, 0.6) is 0 Å². The normalized spacial score (nSPS) is 19.1. The summed E-state index contributed by atoms with van der Waals surface area (Å²) in [6.45, 7) is 2.39. The fraction of sp³-hybridized carbons (Fsp3) is 0.500. The number of hydrogen-bond acceptors (Lipinski definition) is 4. The molecule has 1 heterocycles. The van der Waals surface area contributed by atoms with E-state index in [-0.39, 0.29) is 0 Å². The zero-order chi connectivity index (χ0) is 13.2. The second-order valence-electron chi connectivity index (χ2n) is 4.63. The van der Waals surface area contributed by atoms with E-state index in [9.17, 15) is 8.42 Å². The molecule has 0 radical (unpaired) electrons. The first-order valence-corrected chi connectivity index (χ1v) is 7.43. The van der Waals surface area contributed by atoms with Gasteiger partial charge in [-0.3, -0.25) is 0 Å². The Bertz CT molecular complexity index is 514. The number of anilines is 1. The summed E-state index contributed by atoms with van der Waals surface area (Å²) in [5.41, 5.74) is 0.699. The second kappa shape index (κ2) is 5.26. The first kappa shape index (κ1) is 13.3. The third-order valence-corrected chi connectivity index (χ3v) is 4.93. The summed E-state index contributed by atoms with van der Waals surface area (Å²) >= 11 is 0. The van der Waals surface area contributed by atoms with Gasteiger partial charge in [-0.2, -0.15) is 4.31 Å². The van der Waals surface area contributed by atoms with Crippen molar-refractivity contribution >= 4 is 15.7 Å². The maximum Gasteiger partial charge on any atom is 0.245 e. The van der Waals surface area contributed by atoms with Crippen LogP contribution in [0, 0.1) is 0 Å². The third-order valence-electron chi connectivity index (χ3n) is 2.98. The van der Waals surface area contributed by atoms with Gasteiger partial charge in [-0.15, -0.1) is 0 Å². The highest BCUT2D eigenvalue weighted by Gasteiger charge is 2.28. The molecule has 2 rings (SSSR count). The van der Waals surface area contributed by atoms with Crippen molar-refractivity contribution < 1.29 is 8.42 Å². The summed E-state index contributed by atoms with van der Waals surface area (Å²) in [5, 5.41) is 3.16. The number of nitrogens with one attached hydrogen (secondary N) is 1.